The Balaban J connectivity index is -0.000000149. The molecule has 1 atom stereocenters. The predicted molar refractivity (Wildman–Crippen MR) is 42.1 cm³/mol. The van der Waals surface area contributed by atoms with Crippen LogP contribution in [0.5, 0.6) is 0 Å². The maximum absolute atomic E-state index is 7.00. The molecule has 0 aliphatic rings. The standard InChI is InChI=1S/C7H15.CH4O.V/c1-5-7(4)6(2)3;1-2;/h6-7H,1,5H2,2-4H3;2H,1H3;/q-1;;. The number of hydrogen-bond donors (Lipinski definition) is 1. The molecule has 0 saturated carbocycles. The van der Waals surface area contributed by atoms with Crippen LogP contribution in [0.15, 0.2) is 0 Å². The van der Waals surface area contributed by atoms with Gasteiger partial charge in [0.1, 0.15) is 0 Å². The molecule has 0 saturated heterocycles. The zero-order valence-electron chi connectivity index (χ0n) is 7.46. The molecule has 0 aromatic heterocycles. The van der Waals surface area contributed by atoms with Gasteiger partial charge >= 0.3 is 0 Å². The minimum Gasteiger partial charge on any atom is -0.400 e. The molecule has 1 radical (unpaired) electrons. The van der Waals surface area contributed by atoms with E-state index in [2.05, 4.69) is 27.7 Å². The van der Waals surface area contributed by atoms with E-state index in [1.54, 1.807) is 0 Å². The second-order valence-corrected chi connectivity index (χ2v) is 2.51. The fourth-order valence-electron chi connectivity index (χ4n) is 0.333. The summed E-state index contributed by atoms with van der Waals surface area (Å²) in [6, 6.07) is 0. The van der Waals surface area contributed by atoms with Crippen LogP contribution in [0.2, 0.25) is 0 Å². The minimum atomic E-state index is 0. The summed E-state index contributed by atoms with van der Waals surface area (Å²) in [6.45, 7) is 10.5. The Kier molecular flexibility index (Phi) is 20.7. The Labute approximate surface area is 77.1 Å². The van der Waals surface area contributed by atoms with E-state index in [9.17, 15) is 0 Å². The maximum atomic E-state index is 7.00. The van der Waals surface area contributed by atoms with Crippen LogP contribution in [0.1, 0.15) is 27.2 Å². The maximum Gasteiger partial charge on any atom is 0.0319 e. The second kappa shape index (κ2) is 12.2. The van der Waals surface area contributed by atoms with Crippen LogP contribution < -0.4 is 0 Å². The van der Waals surface area contributed by atoms with Crippen molar-refractivity contribution in [1.82, 2.24) is 0 Å². The van der Waals surface area contributed by atoms with Gasteiger partial charge in [0.25, 0.3) is 0 Å². The van der Waals surface area contributed by atoms with Crippen LogP contribution in [0.25, 0.3) is 0 Å². The first-order chi connectivity index (χ1) is 4.18. The van der Waals surface area contributed by atoms with Crippen LogP contribution in [0.3, 0.4) is 0 Å². The average Bonchev–Trinajstić information content (AvgIpc) is 1.91. The minimum absolute atomic E-state index is 0. The Morgan fingerprint density at radius 1 is 1.20 bits per heavy atom. The van der Waals surface area contributed by atoms with Gasteiger partial charge in [-0.3, -0.25) is 0 Å². The molecule has 1 nitrogen and oxygen atoms in total. The smallest absolute Gasteiger partial charge is 0.0319 e. The summed E-state index contributed by atoms with van der Waals surface area (Å²) in [5, 5.41) is 7.00. The van der Waals surface area contributed by atoms with Crippen LogP contribution >= 0.6 is 0 Å². The van der Waals surface area contributed by atoms with Gasteiger partial charge in [0.2, 0.25) is 0 Å². The molecule has 0 aliphatic heterocycles. The van der Waals surface area contributed by atoms with Crippen molar-refractivity contribution in [1.29, 1.82) is 0 Å². The summed E-state index contributed by atoms with van der Waals surface area (Å²) in [5.74, 6) is 1.59. The van der Waals surface area contributed by atoms with Gasteiger partial charge in [0.15, 0.2) is 0 Å². The molecule has 1 unspecified atom stereocenters. The molecule has 0 aromatic rings. The van der Waals surface area contributed by atoms with Gasteiger partial charge in [0, 0.05) is 25.7 Å². The third-order valence-corrected chi connectivity index (χ3v) is 1.59. The topological polar surface area (TPSA) is 20.2 Å². The van der Waals surface area contributed by atoms with Crippen LogP contribution in [0, 0.1) is 18.8 Å². The molecule has 2 heteroatoms. The number of aliphatic hydroxyl groups excluding tert-OH is 1. The van der Waals surface area contributed by atoms with Gasteiger partial charge in [-0.15, -0.1) is 0 Å². The Bertz CT molecular complexity index is 46.5. The molecule has 0 fully saturated rings. The van der Waals surface area contributed by atoms with E-state index in [1.807, 2.05) is 0 Å². The molecule has 0 aliphatic carbocycles. The predicted octanol–water partition coefficient (Wildman–Crippen LogP) is 2.11. The molecular weight excluding hydrogens is 163 g/mol. The van der Waals surface area contributed by atoms with Crippen LogP contribution in [-0.2, 0) is 18.6 Å². The summed E-state index contributed by atoms with van der Waals surface area (Å²) in [5.41, 5.74) is 0. The monoisotopic (exact) mass is 182 g/mol. The number of hydrogen-bond acceptors (Lipinski definition) is 1. The Hall–Kier alpha value is 0.544. The molecule has 0 rings (SSSR count). The summed E-state index contributed by atoms with van der Waals surface area (Å²) < 4.78 is 0. The summed E-state index contributed by atoms with van der Waals surface area (Å²) in [4.78, 5) is 0. The van der Waals surface area contributed by atoms with Gasteiger partial charge < -0.3 is 12.0 Å². The van der Waals surface area contributed by atoms with Gasteiger partial charge in [-0.1, -0.05) is 26.7 Å². The van der Waals surface area contributed by atoms with E-state index >= 15 is 0 Å². The number of rotatable bonds is 2. The number of aliphatic hydroxyl groups is 1. The van der Waals surface area contributed by atoms with Crippen molar-refractivity contribution in [3.05, 3.63) is 6.92 Å². The van der Waals surface area contributed by atoms with Crippen molar-refractivity contribution in [2.75, 3.05) is 7.11 Å². The van der Waals surface area contributed by atoms with E-state index in [-0.39, 0.29) is 18.6 Å². The van der Waals surface area contributed by atoms with Crippen molar-refractivity contribution >= 4 is 0 Å². The Morgan fingerprint density at radius 3 is 1.50 bits per heavy atom. The average molecular weight is 182 g/mol. The summed E-state index contributed by atoms with van der Waals surface area (Å²) in [7, 11) is 1.00. The molecule has 0 aromatic carbocycles. The fourth-order valence-corrected chi connectivity index (χ4v) is 0.333. The van der Waals surface area contributed by atoms with Gasteiger partial charge in [-0.2, -0.15) is 6.42 Å². The quantitative estimate of drug-likeness (QED) is 0.648. The summed E-state index contributed by atoms with van der Waals surface area (Å²) >= 11 is 0. The van der Waals surface area contributed by atoms with Crippen molar-refractivity contribution in [3.63, 3.8) is 0 Å². The Morgan fingerprint density at radius 2 is 1.50 bits per heavy atom. The van der Waals surface area contributed by atoms with E-state index in [0.29, 0.717) is 0 Å². The van der Waals surface area contributed by atoms with E-state index in [1.165, 1.54) is 0 Å². The normalized spacial score (nSPS) is 11.1. The van der Waals surface area contributed by atoms with E-state index in [0.717, 1.165) is 25.4 Å². The van der Waals surface area contributed by atoms with Crippen LogP contribution in [-0.4, -0.2) is 12.2 Å². The molecular formula is C8H19OV-. The van der Waals surface area contributed by atoms with Crippen molar-refractivity contribution in [2.45, 2.75) is 27.2 Å². The first kappa shape index (κ1) is 16.9. The fraction of sp³-hybridized carbons (Fsp3) is 0.875. The molecule has 0 heterocycles. The molecule has 1 N–H and O–H groups in total. The van der Waals surface area contributed by atoms with Gasteiger partial charge in [-0.05, 0) is 5.92 Å². The zero-order valence-corrected chi connectivity index (χ0v) is 8.86. The first-order valence-electron chi connectivity index (χ1n) is 3.42. The van der Waals surface area contributed by atoms with Crippen molar-refractivity contribution < 1.29 is 23.7 Å². The molecule has 0 spiro atoms. The van der Waals surface area contributed by atoms with Gasteiger partial charge in [0.05, 0.1) is 0 Å². The summed E-state index contributed by atoms with van der Waals surface area (Å²) in [6.07, 6.45) is 1.07. The van der Waals surface area contributed by atoms with E-state index in [4.69, 9.17) is 5.11 Å². The third-order valence-electron chi connectivity index (χ3n) is 1.59. The van der Waals surface area contributed by atoms with Crippen molar-refractivity contribution in [2.24, 2.45) is 11.8 Å². The van der Waals surface area contributed by atoms with Crippen LogP contribution in [0.4, 0.5) is 0 Å². The second-order valence-electron chi connectivity index (χ2n) is 2.51. The SMILES string of the molecule is CO.[CH2-]CC(C)C(C)C.[V]. The zero-order chi connectivity index (χ0) is 7.86. The van der Waals surface area contributed by atoms with Crippen molar-refractivity contribution in [3.8, 4) is 0 Å². The largest absolute Gasteiger partial charge is 0.400 e. The van der Waals surface area contributed by atoms with E-state index < -0.39 is 0 Å². The van der Waals surface area contributed by atoms with Gasteiger partial charge in [-0.25, -0.2) is 0 Å². The third kappa shape index (κ3) is 11.4. The molecule has 10 heavy (non-hydrogen) atoms. The molecule has 0 bridgehead atoms. The first-order valence-corrected chi connectivity index (χ1v) is 3.42. The molecule has 63 valence electrons. The molecule has 0 amide bonds.